The second-order valence-electron chi connectivity index (χ2n) is 6.40. The highest BCUT2D eigenvalue weighted by molar-refractivity contribution is 5.28. The van der Waals surface area contributed by atoms with E-state index in [0.717, 1.165) is 19.6 Å². The van der Waals surface area contributed by atoms with Gasteiger partial charge >= 0.3 is 0 Å². The van der Waals surface area contributed by atoms with E-state index in [9.17, 15) is 0 Å². The molecule has 2 heteroatoms. The lowest BCUT2D eigenvalue weighted by Gasteiger charge is -2.32. The van der Waals surface area contributed by atoms with Crippen molar-refractivity contribution in [1.29, 1.82) is 0 Å². The Morgan fingerprint density at radius 2 is 1.89 bits per heavy atom. The van der Waals surface area contributed by atoms with E-state index in [2.05, 4.69) is 56.1 Å². The maximum atomic E-state index is 3.70. The SMILES string of the molecule is CCC1(C)CN(Cc2cc(C)cc(C)c2)CCCN1. The van der Waals surface area contributed by atoms with Crippen molar-refractivity contribution in [1.82, 2.24) is 10.2 Å². The zero-order valence-corrected chi connectivity index (χ0v) is 12.9. The molecule has 1 heterocycles. The summed E-state index contributed by atoms with van der Waals surface area (Å²) in [5, 5.41) is 3.70. The minimum absolute atomic E-state index is 0.273. The van der Waals surface area contributed by atoms with Gasteiger partial charge < -0.3 is 5.32 Å². The van der Waals surface area contributed by atoms with Crippen LogP contribution in [0.1, 0.15) is 43.4 Å². The molecule has 1 fully saturated rings. The van der Waals surface area contributed by atoms with Crippen molar-refractivity contribution in [3.05, 3.63) is 34.9 Å². The van der Waals surface area contributed by atoms with Crippen LogP contribution in [-0.2, 0) is 6.54 Å². The number of nitrogens with one attached hydrogen (secondary N) is 1. The maximum absolute atomic E-state index is 3.70. The number of aryl methyl sites for hydroxylation is 2. The third kappa shape index (κ3) is 4.05. The van der Waals surface area contributed by atoms with E-state index in [1.165, 1.54) is 36.1 Å². The molecular formula is C17H28N2. The first-order valence-electron chi connectivity index (χ1n) is 7.55. The second kappa shape index (κ2) is 6.06. The fourth-order valence-corrected chi connectivity index (χ4v) is 3.11. The van der Waals surface area contributed by atoms with Crippen molar-refractivity contribution in [2.75, 3.05) is 19.6 Å². The zero-order valence-electron chi connectivity index (χ0n) is 12.9. The third-order valence-electron chi connectivity index (χ3n) is 4.24. The van der Waals surface area contributed by atoms with E-state index in [1.807, 2.05) is 0 Å². The van der Waals surface area contributed by atoms with Crippen LogP contribution >= 0.6 is 0 Å². The fourth-order valence-electron chi connectivity index (χ4n) is 3.11. The minimum atomic E-state index is 0.273. The predicted octanol–water partition coefficient (Wildman–Crippen LogP) is 3.27. The first-order chi connectivity index (χ1) is 9.00. The Hall–Kier alpha value is -0.860. The largest absolute Gasteiger partial charge is 0.310 e. The van der Waals surface area contributed by atoms with Crippen molar-refractivity contribution >= 4 is 0 Å². The molecule has 0 radical (unpaired) electrons. The molecular weight excluding hydrogens is 232 g/mol. The smallest absolute Gasteiger partial charge is 0.0277 e. The van der Waals surface area contributed by atoms with E-state index in [0.29, 0.717) is 0 Å². The molecule has 0 amide bonds. The summed E-state index contributed by atoms with van der Waals surface area (Å²) in [6, 6.07) is 6.91. The van der Waals surface area contributed by atoms with Crippen LogP contribution in [0.2, 0.25) is 0 Å². The van der Waals surface area contributed by atoms with Crippen molar-refractivity contribution < 1.29 is 0 Å². The predicted molar refractivity (Wildman–Crippen MR) is 82.5 cm³/mol. The Morgan fingerprint density at radius 1 is 1.21 bits per heavy atom. The van der Waals surface area contributed by atoms with Crippen LogP contribution in [0.4, 0.5) is 0 Å². The van der Waals surface area contributed by atoms with E-state index >= 15 is 0 Å². The van der Waals surface area contributed by atoms with E-state index in [4.69, 9.17) is 0 Å². The number of hydrogen-bond donors (Lipinski definition) is 1. The molecule has 106 valence electrons. The van der Waals surface area contributed by atoms with Crippen LogP contribution in [-0.4, -0.2) is 30.1 Å². The van der Waals surface area contributed by atoms with Gasteiger partial charge in [-0.3, -0.25) is 4.90 Å². The highest BCUT2D eigenvalue weighted by Crippen LogP contribution is 2.18. The van der Waals surface area contributed by atoms with Crippen molar-refractivity contribution in [3.63, 3.8) is 0 Å². The number of rotatable bonds is 3. The van der Waals surface area contributed by atoms with Gasteiger partial charge in [0, 0.05) is 18.6 Å². The lowest BCUT2D eigenvalue weighted by molar-refractivity contribution is 0.208. The van der Waals surface area contributed by atoms with Crippen LogP contribution in [0.25, 0.3) is 0 Å². The molecule has 1 saturated heterocycles. The lowest BCUT2D eigenvalue weighted by atomic mass is 9.98. The fraction of sp³-hybridized carbons (Fsp3) is 0.647. The quantitative estimate of drug-likeness (QED) is 0.897. The van der Waals surface area contributed by atoms with E-state index in [1.54, 1.807) is 0 Å². The highest BCUT2D eigenvalue weighted by atomic mass is 15.2. The molecule has 1 N–H and O–H groups in total. The molecule has 1 aliphatic heterocycles. The van der Waals surface area contributed by atoms with Gasteiger partial charge in [-0.25, -0.2) is 0 Å². The van der Waals surface area contributed by atoms with Gasteiger partial charge in [0.2, 0.25) is 0 Å². The zero-order chi connectivity index (χ0) is 13.9. The first-order valence-corrected chi connectivity index (χ1v) is 7.55. The van der Waals surface area contributed by atoms with Gasteiger partial charge in [-0.2, -0.15) is 0 Å². The summed E-state index contributed by atoms with van der Waals surface area (Å²) in [7, 11) is 0. The molecule has 0 aromatic heterocycles. The summed E-state index contributed by atoms with van der Waals surface area (Å²) in [4.78, 5) is 2.61. The standard InChI is InChI=1S/C17H28N2/c1-5-17(4)13-19(8-6-7-18-17)12-16-10-14(2)9-15(3)11-16/h9-11,18H,5-8,12-13H2,1-4H3. The molecule has 1 unspecified atom stereocenters. The van der Waals surface area contributed by atoms with Gasteiger partial charge in [-0.05, 0) is 52.3 Å². The van der Waals surface area contributed by atoms with Gasteiger partial charge in [-0.15, -0.1) is 0 Å². The summed E-state index contributed by atoms with van der Waals surface area (Å²) in [6.07, 6.45) is 2.44. The summed E-state index contributed by atoms with van der Waals surface area (Å²) >= 11 is 0. The van der Waals surface area contributed by atoms with Crippen LogP contribution in [0.15, 0.2) is 18.2 Å². The molecule has 1 aromatic carbocycles. The molecule has 0 bridgehead atoms. The van der Waals surface area contributed by atoms with Gasteiger partial charge in [0.25, 0.3) is 0 Å². The van der Waals surface area contributed by atoms with Crippen molar-refractivity contribution in [2.45, 2.75) is 52.6 Å². The topological polar surface area (TPSA) is 15.3 Å². The summed E-state index contributed by atoms with van der Waals surface area (Å²) in [5.41, 5.74) is 4.48. The Morgan fingerprint density at radius 3 is 2.53 bits per heavy atom. The Kier molecular flexibility index (Phi) is 4.64. The first kappa shape index (κ1) is 14.5. The number of hydrogen-bond acceptors (Lipinski definition) is 2. The summed E-state index contributed by atoms with van der Waals surface area (Å²) < 4.78 is 0. The average Bonchev–Trinajstić information content (AvgIpc) is 2.50. The van der Waals surface area contributed by atoms with Gasteiger partial charge in [0.15, 0.2) is 0 Å². The molecule has 1 aromatic rings. The minimum Gasteiger partial charge on any atom is -0.310 e. The molecule has 0 aliphatic carbocycles. The van der Waals surface area contributed by atoms with Crippen LogP contribution in [0, 0.1) is 13.8 Å². The van der Waals surface area contributed by atoms with E-state index in [-0.39, 0.29) is 5.54 Å². The normalized spacial score (nSPS) is 25.3. The number of benzene rings is 1. The Labute approximate surface area is 118 Å². The lowest BCUT2D eigenvalue weighted by Crippen LogP contribution is -2.48. The van der Waals surface area contributed by atoms with Gasteiger partial charge in [-0.1, -0.05) is 36.2 Å². The third-order valence-corrected chi connectivity index (χ3v) is 4.24. The molecule has 1 atom stereocenters. The molecule has 2 rings (SSSR count). The van der Waals surface area contributed by atoms with Crippen LogP contribution < -0.4 is 5.32 Å². The van der Waals surface area contributed by atoms with E-state index < -0.39 is 0 Å². The van der Waals surface area contributed by atoms with Crippen LogP contribution in [0.5, 0.6) is 0 Å². The Balaban J connectivity index is 2.08. The molecule has 0 spiro atoms. The summed E-state index contributed by atoms with van der Waals surface area (Å²) in [5.74, 6) is 0. The van der Waals surface area contributed by atoms with Gasteiger partial charge in [0.1, 0.15) is 0 Å². The molecule has 1 aliphatic rings. The Bertz CT molecular complexity index is 407. The van der Waals surface area contributed by atoms with Crippen molar-refractivity contribution in [3.8, 4) is 0 Å². The number of nitrogens with zero attached hydrogens (tertiary/aromatic N) is 1. The molecule has 2 nitrogen and oxygen atoms in total. The second-order valence-corrected chi connectivity index (χ2v) is 6.40. The van der Waals surface area contributed by atoms with Crippen molar-refractivity contribution in [2.24, 2.45) is 0 Å². The van der Waals surface area contributed by atoms with Crippen LogP contribution in [0.3, 0.4) is 0 Å². The average molecular weight is 260 g/mol. The maximum Gasteiger partial charge on any atom is 0.0277 e. The summed E-state index contributed by atoms with van der Waals surface area (Å²) in [6.45, 7) is 13.6. The highest BCUT2D eigenvalue weighted by Gasteiger charge is 2.26. The molecule has 0 saturated carbocycles. The van der Waals surface area contributed by atoms with Gasteiger partial charge in [0.05, 0.1) is 0 Å². The monoisotopic (exact) mass is 260 g/mol. The molecule has 19 heavy (non-hydrogen) atoms.